The molecule has 0 amide bonds. The number of hydrogen-bond acceptors (Lipinski definition) is 3. The first-order valence-corrected chi connectivity index (χ1v) is 6.89. The zero-order valence-electron chi connectivity index (χ0n) is 12.0. The molecule has 0 atom stereocenters. The minimum atomic E-state index is -0.143. The summed E-state index contributed by atoms with van der Waals surface area (Å²) < 4.78 is 11.4. The topological polar surface area (TPSA) is 35.5 Å². The Hall–Kier alpha value is -1.35. The Kier molecular flexibility index (Phi) is 4.25. The molecule has 3 heteroatoms. The summed E-state index contributed by atoms with van der Waals surface area (Å²) in [6, 6.07) is 5.73. The molecule has 1 aromatic carbocycles. The second kappa shape index (κ2) is 5.74. The summed E-state index contributed by atoms with van der Waals surface area (Å²) >= 11 is 0. The molecule has 0 saturated carbocycles. The SMILES string of the molecule is CC(C)(C)OCCOc1cccc2c1CCCC2=O. The number of Topliss-reactive ketones (excluding diaryl/α,β-unsaturated/α-hetero) is 1. The molecule has 0 aromatic heterocycles. The first-order chi connectivity index (χ1) is 8.97. The highest BCUT2D eigenvalue weighted by Gasteiger charge is 2.20. The van der Waals surface area contributed by atoms with Crippen molar-refractivity contribution in [2.75, 3.05) is 13.2 Å². The molecule has 0 unspecified atom stereocenters. The standard InChI is InChI=1S/C16H22O3/c1-16(2,3)19-11-10-18-15-9-5-6-12-13(15)7-4-8-14(12)17/h5-6,9H,4,7-8,10-11H2,1-3H3. The Bertz CT molecular complexity index is 458. The van der Waals surface area contributed by atoms with Crippen LogP contribution in [-0.4, -0.2) is 24.6 Å². The first kappa shape index (κ1) is 14.1. The maximum atomic E-state index is 11.8. The number of ketones is 1. The molecule has 0 spiro atoms. The summed E-state index contributed by atoms with van der Waals surface area (Å²) in [6.07, 6.45) is 2.51. The molecule has 0 radical (unpaired) electrons. The molecule has 2 rings (SSSR count). The summed E-state index contributed by atoms with van der Waals surface area (Å²) in [6.45, 7) is 7.14. The zero-order chi connectivity index (χ0) is 13.9. The van der Waals surface area contributed by atoms with E-state index in [4.69, 9.17) is 9.47 Å². The number of benzene rings is 1. The van der Waals surface area contributed by atoms with Crippen LogP contribution in [-0.2, 0) is 11.2 Å². The fraction of sp³-hybridized carbons (Fsp3) is 0.562. The molecule has 1 aliphatic rings. The molecule has 3 nitrogen and oxygen atoms in total. The second-order valence-corrected chi connectivity index (χ2v) is 5.87. The van der Waals surface area contributed by atoms with E-state index in [1.807, 2.05) is 39.0 Å². The number of fused-ring (bicyclic) bond motifs is 1. The van der Waals surface area contributed by atoms with Crippen LogP contribution in [0.2, 0.25) is 0 Å². The van der Waals surface area contributed by atoms with Crippen molar-refractivity contribution < 1.29 is 14.3 Å². The van der Waals surface area contributed by atoms with Gasteiger partial charge in [-0.05, 0) is 39.7 Å². The number of hydrogen-bond donors (Lipinski definition) is 0. The highest BCUT2D eigenvalue weighted by molar-refractivity contribution is 5.99. The van der Waals surface area contributed by atoms with Gasteiger partial charge in [-0.1, -0.05) is 12.1 Å². The fourth-order valence-electron chi connectivity index (χ4n) is 2.28. The van der Waals surface area contributed by atoms with E-state index in [0.717, 1.165) is 29.7 Å². The molecule has 1 aromatic rings. The Balaban J connectivity index is 1.98. The Morgan fingerprint density at radius 2 is 1.95 bits per heavy atom. The lowest BCUT2D eigenvalue weighted by atomic mass is 9.90. The Labute approximate surface area is 114 Å². The third-order valence-corrected chi connectivity index (χ3v) is 3.14. The highest BCUT2D eigenvalue weighted by Crippen LogP contribution is 2.29. The molecule has 1 aliphatic carbocycles. The molecule has 0 saturated heterocycles. The third kappa shape index (κ3) is 3.80. The summed E-state index contributed by atoms with van der Waals surface area (Å²) in [5, 5.41) is 0. The largest absolute Gasteiger partial charge is 0.491 e. The van der Waals surface area contributed by atoms with Gasteiger partial charge in [0.1, 0.15) is 12.4 Å². The number of rotatable bonds is 4. The van der Waals surface area contributed by atoms with Gasteiger partial charge in [0.15, 0.2) is 5.78 Å². The van der Waals surface area contributed by atoms with Gasteiger partial charge in [0.2, 0.25) is 0 Å². The number of carbonyl (C=O) groups is 1. The fourth-order valence-corrected chi connectivity index (χ4v) is 2.28. The molecular formula is C16H22O3. The van der Waals surface area contributed by atoms with Gasteiger partial charge in [-0.15, -0.1) is 0 Å². The van der Waals surface area contributed by atoms with Crippen molar-refractivity contribution in [3.05, 3.63) is 29.3 Å². The predicted octanol–water partition coefficient (Wildman–Crippen LogP) is 3.40. The van der Waals surface area contributed by atoms with Crippen LogP contribution in [0.4, 0.5) is 0 Å². The summed E-state index contributed by atoms with van der Waals surface area (Å²) in [5.41, 5.74) is 1.75. The summed E-state index contributed by atoms with van der Waals surface area (Å²) in [5.74, 6) is 1.07. The normalized spacial score (nSPS) is 15.2. The van der Waals surface area contributed by atoms with E-state index >= 15 is 0 Å². The zero-order valence-corrected chi connectivity index (χ0v) is 12.0. The molecule has 19 heavy (non-hydrogen) atoms. The molecule has 0 fully saturated rings. The lowest BCUT2D eigenvalue weighted by molar-refractivity contribution is -0.0164. The predicted molar refractivity (Wildman–Crippen MR) is 74.9 cm³/mol. The van der Waals surface area contributed by atoms with Crippen LogP contribution in [0.5, 0.6) is 5.75 Å². The van der Waals surface area contributed by atoms with Crippen LogP contribution in [0.25, 0.3) is 0 Å². The Morgan fingerprint density at radius 1 is 1.16 bits per heavy atom. The van der Waals surface area contributed by atoms with Crippen LogP contribution in [0.1, 0.15) is 49.5 Å². The molecule has 0 bridgehead atoms. The summed E-state index contributed by atoms with van der Waals surface area (Å²) in [7, 11) is 0. The van der Waals surface area contributed by atoms with Crippen molar-refractivity contribution in [3.8, 4) is 5.75 Å². The van der Waals surface area contributed by atoms with Crippen molar-refractivity contribution >= 4 is 5.78 Å². The molecule has 0 heterocycles. The van der Waals surface area contributed by atoms with E-state index in [-0.39, 0.29) is 11.4 Å². The molecular weight excluding hydrogens is 240 g/mol. The van der Waals surface area contributed by atoms with E-state index in [9.17, 15) is 4.79 Å². The van der Waals surface area contributed by atoms with Crippen molar-refractivity contribution in [2.24, 2.45) is 0 Å². The van der Waals surface area contributed by atoms with Gasteiger partial charge < -0.3 is 9.47 Å². The lowest BCUT2D eigenvalue weighted by Crippen LogP contribution is -2.23. The lowest BCUT2D eigenvalue weighted by Gasteiger charge is -2.21. The molecule has 0 N–H and O–H groups in total. The third-order valence-electron chi connectivity index (χ3n) is 3.14. The highest BCUT2D eigenvalue weighted by atomic mass is 16.5. The second-order valence-electron chi connectivity index (χ2n) is 5.87. The minimum Gasteiger partial charge on any atom is -0.491 e. The van der Waals surface area contributed by atoms with Gasteiger partial charge in [0.05, 0.1) is 12.2 Å². The van der Waals surface area contributed by atoms with Gasteiger partial charge in [0, 0.05) is 17.5 Å². The van der Waals surface area contributed by atoms with Crippen LogP contribution in [0.15, 0.2) is 18.2 Å². The van der Waals surface area contributed by atoms with Crippen LogP contribution in [0.3, 0.4) is 0 Å². The smallest absolute Gasteiger partial charge is 0.163 e. The number of ether oxygens (including phenoxy) is 2. The van der Waals surface area contributed by atoms with Crippen LogP contribution >= 0.6 is 0 Å². The van der Waals surface area contributed by atoms with E-state index in [2.05, 4.69) is 0 Å². The monoisotopic (exact) mass is 262 g/mol. The van der Waals surface area contributed by atoms with Gasteiger partial charge in [-0.25, -0.2) is 0 Å². The van der Waals surface area contributed by atoms with Gasteiger partial charge >= 0.3 is 0 Å². The Morgan fingerprint density at radius 3 is 2.68 bits per heavy atom. The van der Waals surface area contributed by atoms with E-state index in [1.165, 1.54) is 0 Å². The maximum absolute atomic E-state index is 11.8. The quantitative estimate of drug-likeness (QED) is 0.780. The number of carbonyl (C=O) groups excluding carboxylic acids is 1. The van der Waals surface area contributed by atoms with E-state index in [1.54, 1.807) is 0 Å². The molecule has 104 valence electrons. The van der Waals surface area contributed by atoms with Gasteiger partial charge in [-0.3, -0.25) is 4.79 Å². The van der Waals surface area contributed by atoms with Crippen LogP contribution in [0, 0.1) is 0 Å². The average Bonchev–Trinajstić information content (AvgIpc) is 2.34. The molecule has 0 aliphatic heterocycles. The van der Waals surface area contributed by atoms with Crippen molar-refractivity contribution in [3.63, 3.8) is 0 Å². The van der Waals surface area contributed by atoms with Crippen molar-refractivity contribution in [1.29, 1.82) is 0 Å². The van der Waals surface area contributed by atoms with Crippen molar-refractivity contribution in [2.45, 2.75) is 45.6 Å². The average molecular weight is 262 g/mol. The van der Waals surface area contributed by atoms with E-state index < -0.39 is 0 Å². The van der Waals surface area contributed by atoms with E-state index in [0.29, 0.717) is 19.6 Å². The first-order valence-electron chi connectivity index (χ1n) is 6.89. The van der Waals surface area contributed by atoms with Crippen molar-refractivity contribution in [1.82, 2.24) is 0 Å². The van der Waals surface area contributed by atoms with Crippen LogP contribution < -0.4 is 4.74 Å². The maximum Gasteiger partial charge on any atom is 0.163 e. The summed E-state index contributed by atoms with van der Waals surface area (Å²) in [4.78, 5) is 11.8. The van der Waals surface area contributed by atoms with Gasteiger partial charge in [-0.2, -0.15) is 0 Å². The minimum absolute atomic E-state index is 0.143. The van der Waals surface area contributed by atoms with Gasteiger partial charge in [0.25, 0.3) is 0 Å².